The highest BCUT2D eigenvalue weighted by Gasteiger charge is 2.16. The van der Waals surface area contributed by atoms with Gasteiger partial charge in [-0.2, -0.15) is 0 Å². The van der Waals surface area contributed by atoms with Crippen LogP contribution in [0.3, 0.4) is 0 Å². The summed E-state index contributed by atoms with van der Waals surface area (Å²) >= 11 is 0. The van der Waals surface area contributed by atoms with Crippen LogP contribution in [0, 0.1) is 5.82 Å². The van der Waals surface area contributed by atoms with Gasteiger partial charge < -0.3 is 20.1 Å². The van der Waals surface area contributed by atoms with Crippen LogP contribution in [0.5, 0.6) is 0 Å². The molecule has 1 aromatic rings. The fourth-order valence-electron chi connectivity index (χ4n) is 2.53. The zero-order chi connectivity index (χ0) is 16.5. The molecule has 23 heavy (non-hydrogen) atoms. The Labute approximate surface area is 137 Å². The van der Waals surface area contributed by atoms with Crippen molar-refractivity contribution in [2.75, 3.05) is 33.4 Å². The number of hydrogen-bond donors (Lipinski definition) is 2. The van der Waals surface area contributed by atoms with Gasteiger partial charge in [0.25, 0.3) is 0 Å². The van der Waals surface area contributed by atoms with Crippen molar-refractivity contribution in [3.8, 4) is 0 Å². The van der Waals surface area contributed by atoms with Crippen LogP contribution in [0.15, 0.2) is 29.3 Å². The summed E-state index contributed by atoms with van der Waals surface area (Å²) < 4.78 is 24.1. The molecule has 2 atom stereocenters. The SMILES string of the molecule is CCNC(=NCC(OC)c1ccc(F)cc1)NCC1CCCO1. The van der Waals surface area contributed by atoms with E-state index in [1.165, 1.54) is 12.1 Å². The lowest BCUT2D eigenvalue weighted by Crippen LogP contribution is -2.41. The van der Waals surface area contributed by atoms with E-state index in [0.29, 0.717) is 6.54 Å². The first-order chi connectivity index (χ1) is 11.2. The number of hydrogen-bond acceptors (Lipinski definition) is 3. The monoisotopic (exact) mass is 323 g/mol. The van der Waals surface area contributed by atoms with Gasteiger partial charge in [-0.05, 0) is 37.5 Å². The van der Waals surface area contributed by atoms with Crippen LogP contribution in [0.25, 0.3) is 0 Å². The van der Waals surface area contributed by atoms with Crippen molar-refractivity contribution in [2.45, 2.75) is 32.0 Å². The van der Waals surface area contributed by atoms with Crippen molar-refractivity contribution in [1.82, 2.24) is 10.6 Å². The molecule has 1 saturated heterocycles. The number of benzene rings is 1. The summed E-state index contributed by atoms with van der Waals surface area (Å²) in [7, 11) is 1.64. The first-order valence-electron chi connectivity index (χ1n) is 8.15. The van der Waals surface area contributed by atoms with Crippen molar-refractivity contribution >= 4 is 5.96 Å². The molecule has 0 spiro atoms. The van der Waals surface area contributed by atoms with Gasteiger partial charge in [0.1, 0.15) is 11.9 Å². The van der Waals surface area contributed by atoms with Crippen molar-refractivity contribution < 1.29 is 13.9 Å². The second kappa shape index (κ2) is 9.47. The molecule has 1 heterocycles. The number of ether oxygens (including phenoxy) is 2. The first-order valence-corrected chi connectivity index (χ1v) is 8.15. The molecule has 0 aromatic heterocycles. The van der Waals surface area contributed by atoms with E-state index < -0.39 is 0 Å². The summed E-state index contributed by atoms with van der Waals surface area (Å²) in [5, 5.41) is 6.52. The third kappa shape index (κ3) is 5.80. The summed E-state index contributed by atoms with van der Waals surface area (Å²) in [5.74, 6) is 0.492. The molecule has 0 bridgehead atoms. The Bertz CT molecular complexity index is 487. The maximum Gasteiger partial charge on any atom is 0.191 e. The van der Waals surface area contributed by atoms with Gasteiger partial charge in [0.2, 0.25) is 0 Å². The maximum atomic E-state index is 13.0. The largest absolute Gasteiger partial charge is 0.376 e. The van der Waals surface area contributed by atoms with Crippen LogP contribution >= 0.6 is 0 Å². The van der Waals surface area contributed by atoms with E-state index in [2.05, 4.69) is 15.6 Å². The molecule has 5 nitrogen and oxygen atoms in total. The topological polar surface area (TPSA) is 54.9 Å². The van der Waals surface area contributed by atoms with Gasteiger partial charge in [0, 0.05) is 26.8 Å². The number of guanidine groups is 1. The van der Waals surface area contributed by atoms with E-state index >= 15 is 0 Å². The number of methoxy groups -OCH3 is 1. The second-order valence-corrected chi connectivity index (χ2v) is 5.51. The Kier molecular flexibility index (Phi) is 7.29. The van der Waals surface area contributed by atoms with E-state index in [4.69, 9.17) is 9.47 Å². The number of halogens is 1. The number of nitrogens with zero attached hydrogens (tertiary/aromatic N) is 1. The summed E-state index contributed by atoms with van der Waals surface area (Å²) in [4.78, 5) is 4.56. The van der Waals surface area contributed by atoms with Gasteiger partial charge in [0.05, 0.1) is 12.6 Å². The Morgan fingerprint density at radius 1 is 1.39 bits per heavy atom. The van der Waals surface area contributed by atoms with Gasteiger partial charge in [0.15, 0.2) is 5.96 Å². The van der Waals surface area contributed by atoms with E-state index in [9.17, 15) is 4.39 Å². The van der Waals surface area contributed by atoms with Gasteiger partial charge >= 0.3 is 0 Å². The van der Waals surface area contributed by atoms with Gasteiger partial charge in [-0.1, -0.05) is 12.1 Å². The molecule has 1 fully saturated rings. The van der Waals surface area contributed by atoms with Crippen LogP contribution < -0.4 is 10.6 Å². The minimum Gasteiger partial charge on any atom is -0.376 e. The van der Waals surface area contributed by atoms with Crippen molar-refractivity contribution in [3.05, 3.63) is 35.6 Å². The molecule has 1 aliphatic heterocycles. The minimum absolute atomic E-state index is 0.200. The van der Waals surface area contributed by atoms with Gasteiger partial charge in [-0.15, -0.1) is 0 Å². The van der Waals surface area contributed by atoms with E-state index in [0.717, 1.165) is 44.1 Å². The van der Waals surface area contributed by atoms with E-state index in [1.807, 2.05) is 6.92 Å². The summed E-state index contributed by atoms with van der Waals surface area (Å²) in [6.07, 6.45) is 2.27. The lowest BCUT2D eigenvalue weighted by molar-refractivity contribution is 0.110. The summed E-state index contributed by atoms with van der Waals surface area (Å²) in [5.41, 5.74) is 0.910. The van der Waals surface area contributed by atoms with Crippen LogP contribution in [0.2, 0.25) is 0 Å². The predicted octanol–water partition coefficient (Wildman–Crippen LogP) is 2.25. The maximum absolute atomic E-state index is 13.0. The van der Waals surface area contributed by atoms with Crippen molar-refractivity contribution in [2.24, 2.45) is 4.99 Å². The highest BCUT2D eigenvalue weighted by Crippen LogP contribution is 2.17. The third-order valence-corrected chi connectivity index (χ3v) is 3.81. The Hall–Kier alpha value is -1.66. The average molecular weight is 323 g/mol. The lowest BCUT2D eigenvalue weighted by Gasteiger charge is -2.17. The minimum atomic E-state index is -0.251. The Balaban J connectivity index is 1.92. The molecule has 6 heteroatoms. The molecule has 2 rings (SSSR count). The zero-order valence-corrected chi connectivity index (χ0v) is 13.8. The molecule has 2 N–H and O–H groups in total. The van der Waals surface area contributed by atoms with Crippen LogP contribution in [-0.4, -0.2) is 45.4 Å². The molecule has 0 saturated carbocycles. The Morgan fingerprint density at radius 3 is 2.78 bits per heavy atom. The molecule has 1 aliphatic rings. The quantitative estimate of drug-likeness (QED) is 0.597. The normalized spacial score (nSPS) is 19.6. The highest BCUT2D eigenvalue weighted by atomic mass is 19.1. The smallest absolute Gasteiger partial charge is 0.191 e. The fourth-order valence-corrected chi connectivity index (χ4v) is 2.53. The van der Waals surface area contributed by atoms with Crippen molar-refractivity contribution in [3.63, 3.8) is 0 Å². The van der Waals surface area contributed by atoms with Crippen LogP contribution in [0.4, 0.5) is 4.39 Å². The van der Waals surface area contributed by atoms with Gasteiger partial charge in [-0.25, -0.2) is 4.39 Å². The average Bonchev–Trinajstić information content (AvgIpc) is 3.08. The first kappa shape index (κ1) is 17.7. The number of nitrogens with one attached hydrogen (secondary N) is 2. The molecular formula is C17H26FN3O2. The van der Waals surface area contributed by atoms with Crippen LogP contribution in [0.1, 0.15) is 31.4 Å². The van der Waals surface area contributed by atoms with Gasteiger partial charge in [-0.3, -0.25) is 4.99 Å². The fraction of sp³-hybridized carbons (Fsp3) is 0.588. The summed E-state index contributed by atoms with van der Waals surface area (Å²) in [6.45, 7) is 4.86. The number of aliphatic imine (C=N–C) groups is 1. The Morgan fingerprint density at radius 2 is 2.17 bits per heavy atom. The third-order valence-electron chi connectivity index (χ3n) is 3.81. The molecule has 128 valence electrons. The molecule has 0 amide bonds. The molecule has 1 aromatic carbocycles. The second-order valence-electron chi connectivity index (χ2n) is 5.51. The van der Waals surface area contributed by atoms with Crippen LogP contribution in [-0.2, 0) is 9.47 Å². The molecule has 0 radical (unpaired) electrons. The molecular weight excluding hydrogens is 297 g/mol. The predicted molar refractivity (Wildman–Crippen MR) is 89.1 cm³/mol. The molecule has 2 unspecified atom stereocenters. The van der Waals surface area contributed by atoms with E-state index in [-0.39, 0.29) is 18.0 Å². The number of rotatable bonds is 7. The zero-order valence-electron chi connectivity index (χ0n) is 13.8. The standard InChI is InChI=1S/C17H26FN3O2/c1-3-19-17(20-11-15-5-4-10-23-15)21-12-16(22-2)13-6-8-14(18)9-7-13/h6-9,15-16H,3-5,10-12H2,1-2H3,(H2,19,20,21). The van der Waals surface area contributed by atoms with Crippen molar-refractivity contribution in [1.29, 1.82) is 0 Å². The summed E-state index contributed by atoms with van der Waals surface area (Å²) in [6, 6.07) is 6.33. The molecule has 0 aliphatic carbocycles. The highest BCUT2D eigenvalue weighted by molar-refractivity contribution is 5.79. The lowest BCUT2D eigenvalue weighted by atomic mass is 10.1. The van der Waals surface area contributed by atoms with E-state index in [1.54, 1.807) is 19.2 Å².